The fourth-order valence-corrected chi connectivity index (χ4v) is 3.97. The van der Waals surface area contributed by atoms with Crippen molar-refractivity contribution in [2.24, 2.45) is 4.99 Å². The molecular weight excluding hydrogens is 340 g/mol. The number of rotatable bonds is 3. The number of methoxy groups -OCH3 is 1. The topological polar surface area (TPSA) is 34.5 Å². The van der Waals surface area contributed by atoms with Gasteiger partial charge in [-0.15, -0.1) is 0 Å². The van der Waals surface area contributed by atoms with E-state index in [2.05, 4.69) is 17.1 Å². The number of hydrogen-bond acceptors (Lipinski definition) is 4. The lowest BCUT2D eigenvalue weighted by molar-refractivity contribution is 0.414. The van der Waals surface area contributed by atoms with Gasteiger partial charge in [-0.05, 0) is 42.7 Å². The molecule has 1 aromatic heterocycles. The molecule has 120 valence electrons. The van der Waals surface area contributed by atoms with Gasteiger partial charge in [-0.1, -0.05) is 41.1 Å². The number of aliphatic imine (C=N–C) groups is 1. The van der Waals surface area contributed by atoms with Gasteiger partial charge < -0.3 is 4.74 Å². The molecule has 0 N–H and O–H groups in total. The highest BCUT2D eigenvalue weighted by Crippen LogP contribution is 2.40. The lowest BCUT2D eigenvalue weighted by Gasteiger charge is -2.15. The van der Waals surface area contributed by atoms with Gasteiger partial charge >= 0.3 is 0 Å². The number of nitrogens with zero attached hydrogens (tertiary/aromatic N) is 2. The van der Waals surface area contributed by atoms with E-state index in [1.165, 1.54) is 16.0 Å². The maximum absolute atomic E-state index is 6.17. The predicted octanol–water partition coefficient (Wildman–Crippen LogP) is 5.32. The van der Waals surface area contributed by atoms with Crippen LogP contribution in [0.5, 0.6) is 5.75 Å². The molecular formula is C19H15ClN2OS. The first kappa shape index (κ1) is 15.4. The highest BCUT2D eigenvalue weighted by Gasteiger charge is 2.21. The minimum absolute atomic E-state index is 0.694. The van der Waals surface area contributed by atoms with Crippen molar-refractivity contribution in [1.29, 1.82) is 0 Å². The van der Waals surface area contributed by atoms with E-state index in [0.717, 1.165) is 35.0 Å². The summed E-state index contributed by atoms with van der Waals surface area (Å²) in [4.78, 5) is 10.5. The minimum atomic E-state index is 0.694. The first-order chi connectivity index (χ1) is 11.7. The average Bonchev–Trinajstić information content (AvgIpc) is 3.04. The lowest BCUT2D eigenvalue weighted by Crippen LogP contribution is -2.02. The monoisotopic (exact) mass is 354 g/mol. The molecule has 0 unspecified atom stereocenters. The summed E-state index contributed by atoms with van der Waals surface area (Å²) in [5, 5.41) is 1.46. The summed E-state index contributed by atoms with van der Waals surface area (Å²) in [6.45, 7) is 0. The molecule has 2 aromatic carbocycles. The van der Waals surface area contributed by atoms with Crippen molar-refractivity contribution in [3.63, 3.8) is 0 Å². The van der Waals surface area contributed by atoms with E-state index in [1.54, 1.807) is 24.7 Å². The zero-order valence-electron chi connectivity index (χ0n) is 13.1. The summed E-state index contributed by atoms with van der Waals surface area (Å²) in [5.41, 5.74) is 4.42. The number of aryl methyl sites for hydroxylation is 2. The third kappa shape index (κ3) is 2.83. The number of benzene rings is 2. The van der Waals surface area contributed by atoms with E-state index >= 15 is 0 Å². The van der Waals surface area contributed by atoms with Crippen LogP contribution in [0.2, 0.25) is 5.02 Å². The van der Waals surface area contributed by atoms with Gasteiger partial charge in [0.1, 0.15) is 5.75 Å². The maximum atomic E-state index is 6.17. The summed E-state index contributed by atoms with van der Waals surface area (Å²) in [5.74, 6) is 0.893. The van der Waals surface area contributed by atoms with Crippen LogP contribution >= 0.6 is 22.9 Å². The summed E-state index contributed by atoms with van der Waals surface area (Å²) in [6, 6.07) is 13.8. The number of ether oxygens (including phenoxy) is 1. The van der Waals surface area contributed by atoms with Crippen molar-refractivity contribution >= 4 is 34.3 Å². The molecule has 4 rings (SSSR count). The zero-order valence-corrected chi connectivity index (χ0v) is 14.7. The van der Waals surface area contributed by atoms with E-state index in [0.29, 0.717) is 5.02 Å². The average molecular weight is 355 g/mol. The quantitative estimate of drug-likeness (QED) is 0.596. The highest BCUT2D eigenvalue weighted by molar-refractivity contribution is 7.15. The second kappa shape index (κ2) is 6.38. The molecule has 3 nitrogen and oxygen atoms in total. The van der Waals surface area contributed by atoms with Gasteiger partial charge in [0.05, 0.1) is 12.8 Å². The van der Waals surface area contributed by atoms with E-state index in [9.17, 15) is 0 Å². The van der Waals surface area contributed by atoms with Gasteiger partial charge in [0, 0.05) is 27.2 Å². The highest BCUT2D eigenvalue weighted by atomic mass is 35.5. The first-order valence-corrected chi connectivity index (χ1v) is 8.89. The van der Waals surface area contributed by atoms with Gasteiger partial charge in [0.2, 0.25) is 5.13 Å². The molecule has 0 amide bonds. The Hall–Kier alpha value is -2.17. The maximum Gasteiger partial charge on any atom is 0.209 e. The molecule has 1 aliphatic carbocycles. The minimum Gasteiger partial charge on any atom is -0.497 e. The Morgan fingerprint density at radius 1 is 1.21 bits per heavy atom. The van der Waals surface area contributed by atoms with Gasteiger partial charge in [-0.2, -0.15) is 0 Å². The summed E-state index contributed by atoms with van der Waals surface area (Å²) in [7, 11) is 1.69. The van der Waals surface area contributed by atoms with Crippen LogP contribution in [0.4, 0.5) is 5.13 Å². The molecule has 0 spiro atoms. The molecule has 0 radical (unpaired) electrons. The number of thiazole rings is 1. The SMILES string of the molecule is COc1ccc2c(c1)CCc1sc(N=Cc3ccccc3Cl)nc1-2. The number of aromatic nitrogens is 1. The van der Waals surface area contributed by atoms with Crippen LogP contribution in [0.15, 0.2) is 47.5 Å². The molecule has 3 aromatic rings. The predicted molar refractivity (Wildman–Crippen MR) is 100 cm³/mol. The Balaban J connectivity index is 1.68. The first-order valence-electron chi connectivity index (χ1n) is 7.70. The molecule has 0 bridgehead atoms. The number of hydrogen-bond donors (Lipinski definition) is 0. The van der Waals surface area contributed by atoms with Crippen molar-refractivity contribution in [2.75, 3.05) is 7.11 Å². The van der Waals surface area contributed by atoms with Crippen LogP contribution < -0.4 is 4.74 Å². The largest absolute Gasteiger partial charge is 0.497 e. The van der Waals surface area contributed by atoms with Crippen LogP contribution in [0, 0.1) is 0 Å². The van der Waals surface area contributed by atoms with E-state index < -0.39 is 0 Å². The molecule has 0 fully saturated rings. The molecule has 5 heteroatoms. The second-order valence-electron chi connectivity index (χ2n) is 5.57. The van der Waals surface area contributed by atoms with Crippen LogP contribution in [-0.4, -0.2) is 18.3 Å². The molecule has 0 aliphatic heterocycles. The van der Waals surface area contributed by atoms with Crippen molar-refractivity contribution in [3.05, 3.63) is 63.5 Å². The Morgan fingerprint density at radius 2 is 2.08 bits per heavy atom. The summed E-state index contributed by atoms with van der Waals surface area (Å²) in [6.07, 6.45) is 3.78. The van der Waals surface area contributed by atoms with Gasteiger partial charge in [-0.3, -0.25) is 0 Å². The van der Waals surface area contributed by atoms with Gasteiger partial charge in [0.25, 0.3) is 0 Å². The number of halogens is 1. The summed E-state index contributed by atoms with van der Waals surface area (Å²) >= 11 is 7.82. The van der Waals surface area contributed by atoms with Crippen LogP contribution in [0.3, 0.4) is 0 Å². The summed E-state index contributed by atoms with van der Waals surface area (Å²) < 4.78 is 5.32. The standard InChI is InChI=1S/C19H15ClN2OS/c1-23-14-7-8-15-12(10-14)6-9-17-18(15)22-19(24-17)21-11-13-4-2-3-5-16(13)20/h2-5,7-8,10-11H,6,9H2,1H3. The fraction of sp³-hybridized carbons (Fsp3) is 0.158. The number of fused-ring (bicyclic) bond motifs is 3. The lowest BCUT2D eigenvalue weighted by atomic mass is 9.93. The van der Waals surface area contributed by atoms with Crippen LogP contribution in [0.25, 0.3) is 11.3 Å². The Morgan fingerprint density at radius 3 is 2.92 bits per heavy atom. The van der Waals surface area contributed by atoms with E-state index in [1.807, 2.05) is 30.3 Å². The molecule has 0 atom stereocenters. The van der Waals surface area contributed by atoms with Crippen LogP contribution in [0.1, 0.15) is 16.0 Å². The molecule has 0 saturated heterocycles. The Bertz CT molecular complexity index is 933. The third-order valence-electron chi connectivity index (χ3n) is 4.09. The van der Waals surface area contributed by atoms with E-state index in [-0.39, 0.29) is 0 Å². The smallest absolute Gasteiger partial charge is 0.209 e. The fourth-order valence-electron chi connectivity index (χ4n) is 2.86. The second-order valence-corrected chi connectivity index (χ2v) is 7.04. The molecule has 0 saturated carbocycles. The Labute approximate surface area is 149 Å². The van der Waals surface area contributed by atoms with Crippen LogP contribution in [-0.2, 0) is 12.8 Å². The van der Waals surface area contributed by atoms with Crippen molar-refractivity contribution < 1.29 is 4.74 Å². The molecule has 1 aliphatic rings. The zero-order chi connectivity index (χ0) is 16.5. The van der Waals surface area contributed by atoms with Crippen molar-refractivity contribution in [3.8, 4) is 17.0 Å². The molecule has 24 heavy (non-hydrogen) atoms. The van der Waals surface area contributed by atoms with Gasteiger partial charge in [-0.25, -0.2) is 9.98 Å². The van der Waals surface area contributed by atoms with Gasteiger partial charge in [0.15, 0.2) is 0 Å². The Kier molecular flexibility index (Phi) is 4.08. The molecule has 1 heterocycles. The third-order valence-corrected chi connectivity index (χ3v) is 5.46. The normalized spacial score (nSPS) is 12.9. The van der Waals surface area contributed by atoms with Crippen molar-refractivity contribution in [2.45, 2.75) is 12.8 Å². The van der Waals surface area contributed by atoms with Crippen molar-refractivity contribution in [1.82, 2.24) is 4.98 Å². The van der Waals surface area contributed by atoms with E-state index in [4.69, 9.17) is 21.3 Å².